The van der Waals surface area contributed by atoms with E-state index >= 15 is 0 Å². The number of alkyl carbamates (subject to hydrolysis) is 1. The second-order valence-electron chi connectivity index (χ2n) is 14.8. The Labute approximate surface area is 303 Å². The number of carbonyl (C=O) groups excluding carboxylic acids is 5. The molecule has 15 heteroatoms. The summed E-state index contributed by atoms with van der Waals surface area (Å²) in [6, 6.07) is 3.77. The monoisotopic (exact) mass is 737 g/mol. The van der Waals surface area contributed by atoms with Crippen LogP contribution in [0.25, 0.3) is 6.08 Å². The van der Waals surface area contributed by atoms with Gasteiger partial charge in [-0.2, -0.15) is 0 Å². The molecule has 0 radical (unpaired) electrons. The molecule has 3 N–H and O–H groups in total. The van der Waals surface area contributed by atoms with Crippen LogP contribution in [-0.4, -0.2) is 90.3 Å². The van der Waals surface area contributed by atoms with E-state index < -0.39 is 74.8 Å². The highest BCUT2D eigenvalue weighted by molar-refractivity contribution is 7.91. The summed E-state index contributed by atoms with van der Waals surface area (Å²) in [5.41, 5.74) is 1.54. The fourth-order valence-corrected chi connectivity index (χ4v) is 9.08. The molecule has 2 saturated carbocycles. The number of rotatable bonds is 3. The first-order valence-corrected chi connectivity index (χ1v) is 20.1. The van der Waals surface area contributed by atoms with E-state index in [0.29, 0.717) is 51.6 Å². The minimum Gasteiger partial charge on any atom is -0.450 e. The van der Waals surface area contributed by atoms with Crippen LogP contribution >= 0.6 is 0 Å². The van der Waals surface area contributed by atoms with Crippen LogP contribution in [0.4, 0.5) is 9.59 Å². The number of nitrogens with zero attached hydrogens (tertiary/aromatic N) is 2. The Morgan fingerprint density at radius 2 is 1.77 bits per heavy atom. The predicted octanol–water partition coefficient (Wildman–Crippen LogP) is 3.40. The Kier molecular flexibility index (Phi) is 10.3. The third kappa shape index (κ3) is 7.83. The maximum absolute atomic E-state index is 14.3. The van der Waals surface area contributed by atoms with Gasteiger partial charge in [-0.1, -0.05) is 55.3 Å². The molecule has 3 fully saturated rings. The summed E-state index contributed by atoms with van der Waals surface area (Å²) in [5, 5.41) is 4.93. The van der Waals surface area contributed by atoms with E-state index in [1.165, 1.54) is 4.90 Å². The van der Waals surface area contributed by atoms with E-state index in [-0.39, 0.29) is 26.0 Å². The van der Waals surface area contributed by atoms with Gasteiger partial charge in [-0.05, 0) is 74.5 Å². The molecule has 280 valence electrons. The summed E-state index contributed by atoms with van der Waals surface area (Å²) in [4.78, 5) is 71.6. The van der Waals surface area contributed by atoms with Crippen LogP contribution in [0.5, 0.6) is 0 Å². The van der Waals surface area contributed by atoms with E-state index in [1.54, 1.807) is 4.90 Å². The molecule has 2 aliphatic carbocycles. The topological polar surface area (TPSA) is 181 Å². The van der Waals surface area contributed by atoms with Crippen LogP contribution in [0, 0.1) is 5.92 Å². The van der Waals surface area contributed by atoms with E-state index in [4.69, 9.17) is 9.47 Å². The van der Waals surface area contributed by atoms with Gasteiger partial charge < -0.3 is 25.0 Å². The summed E-state index contributed by atoms with van der Waals surface area (Å²) in [6.07, 6.45) is 12.2. The smallest absolute Gasteiger partial charge is 0.410 e. The maximum atomic E-state index is 14.3. The molecular weight excluding hydrogens is 690 g/mol. The number of cyclic esters (lactones) is 1. The SMILES string of the molecule is O=C1N[C@H]2CCCCC/C=C\[C@@H]3C[C@@]3(C(=O)NS(=O)(=O)C3CC3)NC(=O)[C@@H]3C[C@H](CN3C2=O)OC(=O)N2Cc3cccc(c3C2)/C=C/CCCCO1. The highest BCUT2D eigenvalue weighted by Gasteiger charge is 2.62. The summed E-state index contributed by atoms with van der Waals surface area (Å²) in [6.45, 7) is 0.781. The summed E-state index contributed by atoms with van der Waals surface area (Å²) in [5.74, 6) is -2.43. The minimum atomic E-state index is -3.89. The molecule has 4 aliphatic heterocycles. The Balaban J connectivity index is 1.17. The van der Waals surface area contributed by atoms with Crippen molar-refractivity contribution in [2.45, 2.75) is 119 Å². The van der Waals surface area contributed by atoms with Gasteiger partial charge in [0.25, 0.3) is 5.91 Å². The molecule has 1 aromatic carbocycles. The standard InChI is InChI=1S/C37H47N5O9S/c43-32-31-19-27-22-42(31)33(44)30(15-8-3-1-2-7-14-26-20-37(26,39-32)34(45)40-52(48,49)28-16-17-28)38-35(46)50-18-9-5-4-6-11-24-12-10-13-25-21-41(23-29(24)25)36(47)51-27/h6-7,10-14,26-28,30-31H,1-5,8-9,15-23H2,(H,38,46)(H,39,43)(H,40,45)/b11-6+,14-7-/t26-,27-,30+,31+,37-/m1/s1. The highest BCUT2D eigenvalue weighted by atomic mass is 32.2. The van der Waals surface area contributed by atoms with Crippen LogP contribution in [0.1, 0.15) is 93.7 Å². The number of allylic oxidation sites excluding steroid dienone is 2. The predicted molar refractivity (Wildman–Crippen MR) is 189 cm³/mol. The number of ether oxygens (including phenoxy) is 2. The van der Waals surface area contributed by atoms with Crippen LogP contribution in [0.3, 0.4) is 0 Å². The second-order valence-corrected chi connectivity index (χ2v) is 16.8. The quantitative estimate of drug-likeness (QED) is 0.392. The van der Waals surface area contributed by atoms with Gasteiger partial charge in [0.2, 0.25) is 21.8 Å². The fourth-order valence-electron chi connectivity index (χ4n) is 7.72. The van der Waals surface area contributed by atoms with E-state index in [1.807, 2.05) is 36.4 Å². The van der Waals surface area contributed by atoms with E-state index in [2.05, 4.69) is 21.4 Å². The lowest BCUT2D eigenvalue weighted by Gasteiger charge is -2.29. The average molecular weight is 738 g/mol. The van der Waals surface area contributed by atoms with Crippen LogP contribution in [0.15, 0.2) is 36.4 Å². The number of amides is 5. The molecule has 4 heterocycles. The first-order chi connectivity index (χ1) is 25.0. The van der Waals surface area contributed by atoms with Gasteiger partial charge in [0.05, 0.1) is 24.9 Å². The molecule has 6 aliphatic rings. The number of carbonyl (C=O) groups is 5. The van der Waals surface area contributed by atoms with Crippen molar-refractivity contribution in [1.82, 2.24) is 25.2 Å². The molecule has 0 spiro atoms. The summed E-state index contributed by atoms with van der Waals surface area (Å²) < 4.78 is 39.2. The van der Waals surface area contributed by atoms with Crippen LogP contribution in [-0.2, 0) is 47.0 Å². The maximum Gasteiger partial charge on any atom is 0.410 e. The van der Waals surface area contributed by atoms with Crippen molar-refractivity contribution in [2.75, 3.05) is 13.2 Å². The summed E-state index contributed by atoms with van der Waals surface area (Å²) in [7, 11) is -3.89. The van der Waals surface area contributed by atoms with Gasteiger partial charge in [0.15, 0.2) is 0 Å². The van der Waals surface area contributed by atoms with Gasteiger partial charge in [0, 0.05) is 18.9 Å². The molecule has 1 aromatic rings. The van der Waals surface area contributed by atoms with Crippen molar-refractivity contribution in [3.8, 4) is 0 Å². The molecule has 5 amide bonds. The van der Waals surface area contributed by atoms with Gasteiger partial charge in [0.1, 0.15) is 23.7 Å². The van der Waals surface area contributed by atoms with Crippen molar-refractivity contribution in [3.63, 3.8) is 0 Å². The molecular formula is C37H47N5O9S. The zero-order valence-electron chi connectivity index (χ0n) is 29.2. The third-order valence-corrected chi connectivity index (χ3v) is 12.8. The van der Waals surface area contributed by atoms with Gasteiger partial charge in [-0.3, -0.25) is 24.0 Å². The first kappa shape index (κ1) is 36.0. The first-order valence-electron chi connectivity index (χ1n) is 18.6. The normalized spacial score (nSPS) is 31.5. The zero-order chi connectivity index (χ0) is 36.5. The zero-order valence-corrected chi connectivity index (χ0v) is 30.0. The number of hydrogen-bond acceptors (Lipinski definition) is 9. The molecule has 5 atom stereocenters. The number of nitrogens with one attached hydrogen (secondary N) is 3. The highest BCUT2D eigenvalue weighted by Crippen LogP contribution is 2.46. The molecule has 1 saturated heterocycles. The number of benzene rings is 1. The molecule has 7 rings (SSSR count). The third-order valence-electron chi connectivity index (χ3n) is 11.0. The van der Waals surface area contributed by atoms with Crippen molar-refractivity contribution >= 4 is 46.0 Å². The molecule has 52 heavy (non-hydrogen) atoms. The van der Waals surface area contributed by atoms with Gasteiger partial charge in [-0.25, -0.2) is 18.0 Å². The number of fused-ring (bicyclic) bond motifs is 4. The second kappa shape index (κ2) is 14.9. The van der Waals surface area contributed by atoms with Crippen LogP contribution < -0.4 is 15.4 Å². The minimum absolute atomic E-state index is 0.0478. The van der Waals surface area contributed by atoms with Crippen molar-refractivity contribution in [1.29, 1.82) is 0 Å². The average Bonchev–Trinajstić information content (AvgIpc) is 3.99. The van der Waals surface area contributed by atoms with Gasteiger partial charge >= 0.3 is 12.2 Å². The van der Waals surface area contributed by atoms with Crippen LogP contribution in [0.2, 0.25) is 0 Å². The van der Waals surface area contributed by atoms with E-state index in [0.717, 1.165) is 42.4 Å². The van der Waals surface area contributed by atoms with E-state index in [9.17, 15) is 32.4 Å². The molecule has 0 aromatic heterocycles. The molecule has 14 nitrogen and oxygen atoms in total. The Morgan fingerprint density at radius 3 is 2.60 bits per heavy atom. The Morgan fingerprint density at radius 1 is 0.962 bits per heavy atom. The van der Waals surface area contributed by atoms with Crippen molar-refractivity contribution < 1.29 is 41.9 Å². The van der Waals surface area contributed by atoms with Gasteiger partial charge in [-0.15, -0.1) is 0 Å². The number of sulfonamides is 1. The largest absolute Gasteiger partial charge is 0.450 e. The molecule has 0 unspecified atom stereocenters. The number of hydrogen-bond donors (Lipinski definition) is 3. The fraction of sp³-hybridized carbons (Fsp3) is 0.595. The summed E-state index contributed by atoms with van der Waals surface area (Å²) >= 11 is 0. The van der Waals surface area contributed by atoms with Crippen molar-refractivity contribution in [3.05, 3.63) is 53.1 Å². The lowest BCUT2D eigenvalue weighted by Crippen LogP contribution is -2.58. The lowest BCUT2D eigenvalue weighted by atomic mass is 10.0. The lowest BCUT2D eigenvalue weighted by molar-refractivity contribution is -0.141. The Hall–Kier alpha value is -4.40. The van der Waals surface area contributed by atoms with Crippen molar-refractivity contribution in [2.24, 2.45) is 5.92 Å². The Bertz CT molecular complexity index is 1780. The molecule has 5 bridgehead atoms.